The smallest absolute Gasteiger partial charge is 0.127 e. The second kappa shape index (κ2) is 4.21. The number of rotatable bonds is 1. The maximum Gasteiger partial charge on any atom is 0.127 e. The van der Waals surface area contributed by atoms with Crippen LogP contribution in [0.3, 0.4) is 0 Å². The molecule has 0 saturated carbocycles. The monoisotopic (exact) mass is 259 g/mol. The fraction of sp³-hybridized carbons (Fsp3) is 0.176. The minimum absolute atomic E-state index is 0.118. The summed E-state index contributed by atoms with van der Waals surface area (Å²) in [5.41, 5.74) is 3.34. The summed E-state index contributed by atoms with van der Waals surface area (Å²) in [4.78, 5) is 4.66. The molecule has 3 nitrogen and oxygen atoms in total. The van der Waals surface area contributed by atoms with Gasteiger partial charge in [0.25, 0.3) is 0 Å². The average Bonchev–Trinajstić information content (AvgIpc) is 3.05. The van der Waals surface area contributed by atoms with Crippen LogP contribution < -0.4 is 0 Å². The minimum atomic E-state index is -0.118. The number of hydrogen-bond donors (Lipinski definition) is 0. The van der Waals surface area contributed by atoms with E-state index in [2.05, 4.69) is 33.8 Å². The predicted molar refractivity (Wildman–Crippen MR) is 77.3 cm³/mol. The van der Waals surface area contributed by atoms with Crippen molar-refractivity contribution in [2.24, 2.45) is 0 Å². The molecule has 1 aromatic heterocycles. The number of aromatic nitrogens is 2. The Morgan fingerprint density at radius 2 is 1.80 bits per heavy atom. The molecule has 1 aliphatic rings. The summed E-state index contributed by atoms with van der Waals surface area (Å²) in [5.74, 6) is 0.787. The van der Waals surface area contributed by atoms with Crippen LogP contribution in [0.25, 0.3) is 11.0 Å². The summed E-state index contributed by atoms with van der Waals surface area (Å²) < 4.78 is 2.23. The number of nitriles is 1. The standard InChI is InChI=1S/C17H13N3/c18-11-13-10-16(12-6-2-1-3-7-12)20-15-9-5-4-8-14(15)19-17(13)20/h1-9,13,16H,10H2/t13-,16?/m1/s1. The van der Waals surface area contributed by atoms with E-state index >= 15 is 0 Å². The summed E-state index contributed by atoms with van der Waals surface area (Å²) in [6.07, 6.45) is 0.813. The Hall–Kier alpha value is -2.60. The summed E-state index contributed by atoms with van der Waals surface area (Å²) in [5, 5.41) is 9.40. The zero-order valence-electron chi connectivity index (χ0n) is 10.9. The Balaban J connectivity index is 1.97. The third kappa shape index (κ3) is 1.48. The molecular weight excluding hydrogens is 246 g/mol. The molecular formula is C17H13N3. The van der Waals surface area contributed by atoms with Crippen LogP contribution in [0, 0.1) is 11.3 Å². The fourth-order valence-electron chi connectivity index (χ4n) is 3.14. The quantitative estimate of drug-likeness (QED) is 0.669. The van der Waals surface area contributed by atoms with Crippen LogP contribution in [0.15, 0.2) is 54.6 Å². The maximum absolute atomic E-state index is 9.40. The van der Waals surface area contributed by atoms with Gasteiger partial charge in [0, 0.05) is 0 Å². The van der Waals surface area contributed by atoms with Crippen molar-refractivity contribution in [1.29, 1.82) is 5.26 Å². The Bertz CT molecular complexity index is 811. The molecule has 0 spiro atoms. The van der Waals surface area contributed by atoms with Gasteiger partial charge in [0.1, 0.15) is 11.7 Å². The Labute approximate surface area is 117 Å². The molecule has 20 heavy (non-hydrogen) atoms. The van der Waals surface area contributed by atoms with Gasteiger partial charge in [-0.3, -0.25) is 0 Å². The fourth-order valence-corrected chi connectivity index (χ4v) is 3.14. The van der Waals surface area contributed by atoms with Crippen molar-refractivity contribution >= 4 is 11.0 Å². The first-order valence-electron chi connectivity index (χ1n) is 6.80. The summed E-state index contributed by atoms with van der Waals surface area (Å²) in [7, 11) is 0. The lowest BCUT2D eigenvalue weighted by atomic mass is 9.99. The van der Waals surface area contributed by atoms with Crippen molar-refractivity contribution in [3.63, 3.8) is 0 Å². The molecule has 1 aliphatic heterocycles. The van der Waals surface area contributed by atoms with E-state index in [0.29, 0.717) is 0 Å². The van der Waals surface area contributed by atoms with E-state index in [0.717, 1.165) is 23.3 Å². The first-order valence-corrected chi connectivity index (χ1v) is 6.80. The third-order valence-electron chi connectivity index (χ3n) is 4.05. The van der Waals surface area contributed by atoms with Gasteiger partial charge in [0.05, 0.1) is 23.1 Å². The summed E-state index contributed by atoms with van der Waals surface area (Å²) >= 11 is 0. The van der Waals surface area contributed by atoms with Gasteiger partial charge in [-0.05, 0) is 24.1 Å². The predicted octanol–water partition coefficient (Wildman–Crippen LogP) is 3.64. The highest BCUT2D eigenvalue weighted by molar-refractivity contribution is 5.77. The van der Waals surface area contributed by atoms with Crippen LogP contribution in [0.4, 0.5) is 0 Å². The zero-order chi connectivity index (χ0) is 13.5. The van der Waals surface area contributed by atoms with Crippen molar-refractivity contribution in [3.8, 4) is 6.07 Å². The number of imidazole rings is 1. The highest BCUT2D eigenvalue weighted by Gasteiger charge is 2.34. The number of hydrogen-bond acceptors (Lipinski definition) is 2. The van der Waals surface area contributed by atoms with E-state index in [4.69, 9.17) is 0 Å². The highest BCUT2D eigenvalue weighted by atomic mass is 15.1. The lowest BCUT2D eigenvalue weighted by Gasteiger charge is -2.14. The van der Waals surface area contributed by atoms with Gasteiger partial charge in [0.2, 0.25) is 0 Å². The molecule has 0 amide bonds. The van der Waals surface area contributed by atoms with Gasteiger partial charge in [-0.15, -0.1) is 0 Å². The zero-order valence-corrected chi connectivity index (χ0v) is 10.9. The van der Waals surface area contributed by atoms with Gasteiger partial charge >= 0.3 is 0 Å². The van der Waals surface area contributed by atoms with Crippen molar-refractivity contribution < 1.29 is 0 Å². The van der Waals surface area contributed by atoms with Crippen LogP contribution in [0.1, 0.15) is 29.8 Å². The molecule has 0 bridgehead atoms. The minimum Gasteiger partial charge on any atom is -0.319 e. The van der Waals surface area contributed by atoms with Gasteiger partial charge in [0.15, 0.2) is 0 Å². The largest absolute Gasteiger partial charge is 0.319 e. The Morgan fingerprint density at radius 3 is 2.60 bits per heavy atom. The highest BCUT2D eigenvalue weighted by Crippen LogP contribution is 2.41. The first-order chi connectivity index (χ1) is 9.88. The van der Waals surface area contributed by atoms with E-state index in [9.17, 15) is 5.26 Å². The molecule has 4 rings (SSSR count). The molecule has 3 aromatic rings. The molecule has 2 atom stereocenters. The van der Waals surface area contributed by atoms with Crippen molar-refractivity contribution in [3.05, 3.63) is 66.0 Å². The van der Waals surface area contributed by atoms with Gasteiger partial charge < -0.3 is 4.57 Å². The number of para-hydroxylation sites is 2. The SMILES string of the molecule is N#C[C@H]1CC(c2ccccc2)n2c1nc1ccccc12. The molecule has 2 aromatic carbocycles. The number of nitrogens with zero attached hydrogens (tertiary/aromatic N) is 3. The van der Waals surface area contributed by atoms with E-state index in [1.807, 2.05) is 36.4 Å². The van der Waals surface area contributed by atoms with Gasteiger partial charge in [-0.1, -0.05) is 42.5 Å². The molecule has 0 aliphatic carbocycles. The third-order valence-corrected chi connectivity index (χ3v) is 4.05. The molecule has 3 heteroatoms. The Morgan fingerprint density at radius 1 is 1.05 bits per heavy atom. The molecule has 0 radical (unpaired) electrons. The van der Waals surface area contributed by atoms with Crippen molar-refractivity contribution in [2.75, 3.05) is 0 Å². The van der Waals surface area contributed by atoms with Gasteiger partial charge in [-0.25, -0.2) is 4.98 Å². The van der Waals surface area contributed by atoms with E-state index in [1.54, 1.807) is 0 Å². The normalized spacial score (nSPS) is 20.8. The molecule has 2 heterocycles. The van der Waals surface area contributed by atoms with E-state index < -0.39 is 0 Å². The van der Waals surface area contributed by atoms with E-state index in [-0.39, 0.29) is 12.0 Å². The van der Waals surface area contributed by atoms with Crippen LogP contribution >= 0.6 is 0 Å². The molecule has 0 N–H and O–H groups in total. The van der Waals surface area contributed by atoms with Crippen LogP contribution in [-0.2, 0) is 0 Å². The topological polar surface area (TPSA) is 41.6 Å². The molecule has 96 valence electrons. The second-order valence-electron chi connectivity index (χ2n) is 5.17. The second-order valence-corrected chi connectivity index (χ2v) is 5.17. The summed E-state index contributed by atoms with van der Waals surface area (Å²) in [6.45, 7) is 0. The molecule has 1 unspecified atom stereocenters. The summed E-state index contributed by atoms with van der Waals surface area (Å²) in [6, 6.07) is 21.1. The van der Waals surface area contributed by atoms with E-state index in [1.165, 1.54) is 5.56 Å². The van der Waals surface area contributed by atoms with Crippen LogP contribution in [-0.4, -0.2) is 9.55 Å². The Kier molecular flexibility index (Phi) is 2.37. The average molecular weight is 259 g/mol. The molecule has 0 fully saturated rings. The number of benzene rings is 2. The van der Waals surface area contributed by atoms with Crippen LogP contribution in [0.5, 0.6) is 0 Å². The lowest BCUT2D eigenvalue weighted by Crippen LogP contribution is -2.05. The number of fused-ring (bicyclic) bond motifs is 3. The maximum atomic E-state index is 9.40. The van der Waals surface area contributed by atoms with Crippen LogP contribution in [0.2, 0.25) is 0 Å². The van der Waals surface area contributed by atoms with Crippen molar-refractivity contribution in [1.82, 2.24) is 9.55 Å². The first kappa shape index (κ1) is 11.2. The molecule has 0 saturated heterocycles. The lowest BCUT2D eigenvalue weighted by molar-refractivity contribution is 0.625. The van der Waals surface area contributed by atoms with Crippen molar-refractivity contribution in [2.45, 2.75) is 18.4 Å². The van der Waals surface area contributed by atoms with Gasteiger partial charge in [-0.2, -0.15) is 5.26 Å².